The molecule has 1 aromatic carbocycles. The third kappa shape index (κ3) is 3.66. The molecule has 0 aliphatic carbocycles. The zero-order chi connectivity index (χ0) is 13.8. The van der Waals surface area contributed by atoms with Crippen molar-refractivity contribution in [3.8, 4) is 10.6 Å². The SMILES string of the molecule is CCCNC(C)c1nnc(-c2ccc(Cl)cc2Cl)s1. The molecule has 2 rings (SSSR count). The zero-order valence-corrected chi connectivity index (χ0v) is 13.1. The van der Waals surface area contributed by atoms with Crippen LogP contribution in [0.3, 0.4) is 0 Å². The Labute approximate surface area is 127 Å². The van der Waals surface area contributed by atoms with Crippen molar-refractivity contribution < 1.29 is 0 Å². The molecule has 0 fully saturated rings. The Morgan fingerprint density at radius 3 is 2.79 bits per heavy atom. The fourth-order valence-corrected chi connectivity index (χ4v) is 3.09. The van der Waals surface area contributed by atoms with E-state index in [0.29, 0.717) is 10.0 Å². The minimum atomic E-state index is 0.206. The molecule has 0 radical (unpaired) electrons. The molecule has 0 bridgehead atoms. The molecule has 1 aromatic heterocycles. The second-order valence-corrected chi connectivity index (χ2v) is 6.10. The molecule has 2 aromatic rings. The monoisotopic (exact) mass is 315 g/mol. The van der Waals surface area contributed by atoms with E-state index in [2.05, 4.69) is 29.4 Å². The maximum atomic E-state index is 6.18. The van der Waals surface area contributed by atoms with Gasteiger partial charge in [-0.1, -0.05) is 41.5 Å². The summed E-state index contributed by atoms with van der Waals surface area (Å²) in [5.41, 5.74) is 0.873. The summed E-state index contributed by atoms with van der Waals surface area (Å²) in [5.74, 6) is 0. The van der Waals surface area contributed by atoms with E-state index < -0.39 is 0 Å². The number of rotatable bonds is 5. The highest BCUT2D eigenvalue weighted by atomic mass is 35.5. The molecule has 1 heterocycles. The summed E-state index contributed by atoms with van der Waals surface area (Å²) in [6.07, 6.45) is 1.10. The molecule has 19 heavy (non-hydrogen) atoms. The van der Waals surface area contributed by atoms with Crippen molar-refractivity contribution >= 4 is 34.5 Å². The Morgan fingerprint density at radius 2 is 2.11 bits per heavy atom. The van der Waals surface area contributed by atoms with Crippen molar-refractivity contribution in [1.82, 2.24) is 15.5 Å². The van der Waals surface area contributed by atoms with E-state index in [4.69, 9.17) is 23.2 Å². The first-order valence-corrected chi connectivity index (χ1v) is 7.71. The van der Waals surface area contributed by atoms with Gasteiger partial charge in [-0.05, 0) is 38.1 Å². The van der Waals surface area contributed by atoms with Gasteiger partial charge in [-0.15, -0.1) is 10.2 Å². The van der Waals surface area contributed by atoms with Gasteiger partial charge in [0.25, 0.3) is 0 Å². The van der Waals surface area contributed by atoms with Crippen LogP contribution < -0.4 is 5.32 Å². The molecule has 0 saturated carbocycles. The van der Waals surface area contributed by atoms with Crippen LogP contribution in [0.1, 0.15) is 31.3 Å². The van der Waals surface area contributed by atoms with Gasteiger partial charge in [0.1, 0.15) is 10.0 Å². The van der Waals surface area contributed by atoms with Crippen LogP contribution in [0, 0.1) is 0 Å². The van der Waals surface area contributed by atoms with Gasteiger partial charge in [-0.3, -0.25) is 0 Å². The predicted molar refractivity (Wildman–Crippen MR) is 82.1 cm³/mol. The van der Waals surface area contributed by atoms with Crippen LogP contribution in [0.4, 0.5) is 0 Å². The molecule has 1 atom stereocenters. The maximum Gasteiger partial charge on any atom is 0.149 e. The second kappa shape index (κ2) is 6.66. The Balaban J connectivity index is 2.20. The van der Waals surface area contributed by atoms with E-state index in [1.807, 2.05) is 12.1 Å². The number of benzene rings is 1. The molecule has 1 N–H and O–H groups in total. The second-order valence-electron chi connectivity index (χ2n) is 4.25. The molecule has 0 aliphatic heterocycles. The highest BCUT2D eigenvalue weighted by Gasteiger charge is 2.14. The number of hydrogen-bond acceptors (Lipinski definition) is 4. The van der Waals surface area contributed by atoms with Crippen molar-refractivity contribution in [1.29, 1.82) is 0 Å². The molecular weight excluding hydrogens is 301 g/mol. The average Bonchev–Trinajstić information content (AvgIpc) is 2.85. The number of nitrogens with zero attached hydrogens (tertiary/aromatic N) is 2. The highest BCUT2D eigenvalue weighted by molar-refractivity contribution is 7.14. The van der Waals surface area contributed by atoms with Gasteiger partial charge in [0.15, 0.2) is 0 Å². The Morgan fingerprint density at radius 1 is 1.32 bits per heavy atom. The van der Waals surface area contributed by atoms with E-state index in [0.717, 1.165) is 28.5 Å². The quantitative estimate of drug-likeness (QED) is 0.878. The Hall–Kier alpha value is -0.680. The Kier molecular flexibility index (Phi) is 5.16. The van der Waals surface area contributed by atoms with Crippen LogP contribution in [0.25, 0.3) is 10.6 Å². The van der Waals surface area contributed by atoms with E-state index in [9.17, 15) is 0 Å². The normalized spacial score (nSPS) is 12.6. The topological polar surface area (TPSA) is 37.8 Å². The zero-order valence-electron chi connectivity index (χ0n) is 10.8. The average molecular weight is 316 g/mol. The van der Waals surface area contributed by atoms with Gasteiger partial charge in [0.2, 0.25) is 0 Å². The van der Waals surface area contributed by atoms with Crippen LogP contribution in [-0.2, 0) is 0 Å². The van der Waals surface area contributed by atoms with Gasteiger partial charge in [-0.25, -0.2) is 0 Å². The number of hydrogen-bond donors (Lipinski definition) is 1. The van der Waals surface area contributed by atoms with Gasteiger partial charge in [-0.2, -0.15) is 0 Å². The first kappa shape index (κ1) is 14.7. The first-order chi connectivity index (χ1) is 9.11. The summed E-state index contributed by atoms with van der Waals surface area (Å²) in [4.78, 5) is 0. The van der Waals surface area contributed by atoms with Gasteiger partial charge in [0.05, 0.1) is 11.1 Å². The minimum Gasteiger partial charge on any atom is -0.308 e. The molecule has 0 spiro atoms. The summed E-state index contributed by atoms with van der Waals surface area (Å²) in [6.45, 7) is 5.19. The molecule has 1 unspecified atom stereocenters. The fraction of sp³-hybridized carbons (Fsp3) is 0.385. The Bertz CT molecular complexity index is 557. The molecule has 102 valence electrons. The van der Waals surface area contributed by atoms with Crippen LogP contribution in [-0.4, -0.2) is 16.7 Å². The molecule has 0 aliphatic rings. The van der Waals surface area contributed by atoms with E-state index >= 15 is 0 Å². The summed E-state index contributed by atoms with van der Waals surface area (Å²) < 4.78 is 0. The lowest BCUT2D eigenvalue weighted by Gasteiger charge is -2.08. The summed E-state index contributed by atoms with van der Waals surface area (Å²) in [6, 6.07) is 5.61. The summed E-state index contributed by atoms with van der Waals surface area (Å²) in [7, 11) is 0. The first-order valence-electron chi connectivity index (χ1n) is 6.14. The van der Waals surface area contributed by atoms with Crippen molar-refractivity contribution in [2.45, 2.75) is 26.3 Å². The molecule has 0 saturated heterocycles. The van der Waals surface area contributed by atoms with Crippen LogP contribution >= 0.6 is 34.5 Å². The van der Waals surface area contributed by atoms with E-state index in [-0.39, 0.29) is 6.04 Å². The largest absolute Gasteiger partial charge is 0.308 e. The van der Waals surface area contributed by atoms with Crippen LogP contribution in [0.2, 0.25) is 10.0 Å². The van der Waals surface area contributed by atoms with Crippen LogP contribution in [0.5, 0.6) is 0 Å². The number of aromatic nitrogens is 2. The number of nitrogens with one attached hydrogen (secondary N) is 1. The van der Waals surface area contributed by atoms with Crippen LogP contribution in [0.15, 0.2) is 18.2 Å². The third-order valence-corrected chi connectivity index (χ3v) is 4.36. The standard InChI is InChI=1S/C13H15Cl2N3S/c1-3-6-16-8(2)12-17-18-13(19-12)10-5-4-9(14)7-11(10)15/h4-5,7-8,16H,3,6H2,1-2H3. The lowest BCUT2D eigenvalue weighted by Crippen LogP contribution is -2.18. The molecule has 3 nitrogen and oxygen atoms in total. The van der Waals surface area contributed by atoms with Gasteiger partial charge < -0.3 is 5.32 Å². The van der Waals surface area contributed by atoms with Gasteiger partial charge >= 0.3 is 0 Å². The fourth-order valence-electron chi connectivity index (χ4n) is 1.63. The van der Waals surface area contributed by atoms with Crippen molar-refractivity contribution in [3.05, 3.63) is 33.3 Å². The third-order valence-electron chi connectivity index (χ3n) is 2.67. The summed E-state index contributed by atoms with van der Waals surface area (Å²) >= 11 is 13.6. The van der Waals surface area contributed by atoms with Crippen molar-refractivity contribution in [2.75, 3.05) is 6.54 Å². The maximum absolute atomic E-state index is 6.18. The van der Waals surface area contributed by atoms with Crippen molar-refractivity contribution in [2.24, 2.45) is 0 Å². The number of halogens is 2. The van der Waals surface area contributed by atoms with E-state index in [1.54, 1.807) is 17.4 Å². The highest BCUT2D eigenvalue weighted by Crippen LogP contribution is 2.33. The molecular formula is C13H15Cl2N3S. The van der Waals surface area contributed by atoms with Crippen molar-refractivity contribution in [3.63, 3.8) is 0 Å². The predicted octanol–water partition coefficient (Wildman–Crippen LogP) is 4.57. The minimum absolute atomic E-state index is 0.206. The summed E-state index contributed by atoms with van der Waals surface area (Å²) in [5, 5.41) is 14.8. The lowest BCUT2D eigenvalue weighted by molar-refractivity contribution is 0.564. The van der Waals surface area contributed by atoms with E-state index in [1.165, 1.54) is 0 Å². The smallest absolute Gasteiger partial charge is 0.149 e. The van der Waals surface area contributed by atoms with Gasteiger partial charge in [0, 0.05) is 10.6 Å². The molecule has 6 heteroatoms. The molecule has 0 amide bonds. The lowest BCUT2D eigenvalue weighted by atomic mass is 10.2.